The van der Waals surface area contributed by atoms with Gasteiger partial charge in [0, 0.05) is 11.6 Å². The number of hydrogen-bond donors (Lipinski definition) is 4. The predicted octanol–water partition coefficient (Wildman–Crippen LogP) is 1.12. The molecule has 1 amide bonds. The van der Waals surface area contributed by atoms with Crippen molar-refractivity contribution in [1.82, 2.24) is 4.98 Å². The summed E-state index contributed by atoms with van der Waals surface area (Å²) in [5.41, 5.74) is 5.39. The number of nitrogens with zero attached hydrogens (tertiary/aromatic N) is 1. The molecule has 0 atom stereocenters. The zero-order valence-electron chi connectivity index (χ0n) is 10.3. The highest BCUT2D eigenvalue weighted by molar-refractivity contribution is 7.16. The first-order valence-corrected chi connectivity index (χ1v) is 6.39. The number of thiazole rings is 1. The number of carbonyl (C=O) groups is 1. The van der Waals surface area contributed by atoms with Crippen molar-refractivity contribution >= 4 is 22.4 Å². The summed E-state index contributed by atoms with van der Waals surface area (Å²) < 4.78 is 0. The fourth-order valence-electron chi connectivity index (χ4n) is 1.42. The van der Waals surface area contributed by atoms with E-state index in [2.05, 4.69) is 22.1 Å². The molecule has 0 spiro atoms. The Morgan fingerprint density at radius 2 is 2.05 bits per heavy atom. The fraction of sp³-hybridized carbons (Fsp3) is 0.0769. The quantitative estimate of drug-likeness (QED) is 0.619. The number of rotatable bonds is 2. The molecule has 0 aliphatic heterocycles. The van der Waals surface area contributed by atoms with Crippen LogP contribution in [0.1, 0.15) is 15.2 Å². The Bertz CT molecular complexity index is 680. The van der Waals surface area contributed by atoms with E-state index in [0.29, 0.717) is 10.0 Å². The van der Waals surface area contributed by atoms with Crippen LogP contribution in [-0.2, 0) is 0 Å². The van der Waals surface area contributed by atoms with Gasteiger partial charge in [0.1, 0.15) is 11.5 Å². The molecule has 0 fully saturated rings. The highest BCUT2D eigenvalue weighted by Gasteiger charge is 2.10. The van der Waals surface area contributed by atoms with Gasteiger partial charge in [0.2, 0.25) is 0 Å². The highest BCUT2D eigenvalue weighted by atomic mass is 32.1. The molecule has 6 nitrogen and oxygen atoms in total. The Balaban J connectivity index is 2.13. The number of hydrogen-bond acceptors (Lipinski definition) is 6. The van der Waals surface area contributed by atoms with Gasteiger partial charge in [-0.15, -0.1) is 0 Å². The molecule has 5 N–H and O–H groups in total. The third kappa shape index (κ3) is 3.47. The molecule has 20 heavy (non-hydrogen) atoms. The number of phenolic OH excluding ortho intramolecular Hbond substituents is 2. The number of phenols is 2. The molecule has 0 saturated carbocycles. The zero-order chi connectivity index (χ0) is 14.5. The Morgan fingerprint density at radius 1 is 1.35 bits per heavy atom. The van der Waals surface area contributed by atoms with Crippen LogP contribution in [0.3, 0.4) is 0 Å². The standard InChI is InChI=1S/C13H11N3O3S/c14-3-1-2-11-7-15-13(20-11)16-12(19)8-4-9(17)6-10(18)5-8/h4-7,17-18H,3,14H2,(H,15,16,19). The summed E-state index contributed by atoms with van der Waals surface area (Å²) in [6.07, 6.45) is 1.53. The average Bonchev–Trinajstić information content (AvgIpc) is 2.82. The molecule has 0 aliphatic carbocycles. The number of benzene rings is 1. The van der Waals surface area contributed by atoms with Crippen LogP contribution < -0.4 is 11.1 Å². The maximum atomic E-state index is 11.9. The molecule has 102 valence electrons. The van der Waals surface area contributed by atoms with Crippen LogP contribution in [0, 0.1) is 11.8 Å². The lowest BCUT2D eigenvalue weighted by atomic mass is 10.2. The minimum Gasteiger partial charge on any atom is -0.508 e. The lowest BCUT2D eigenvalue weighted by molar-refractivity contribution is 0.102. The normalized spacial score (nSPS) is 9.65. The van der Waals surface area contributed by atoms with Gasteiger partial charge in [-0.2, -0.15) is 0 Å². The Kier molecular flexibility index (Phi) is 4.20. The Morgan fingerprint density at radius 3 is 2.70 bits per heavy atom. The fourth-order valence-corrected chi connectivity index (χ4v) is 2.11. The lowest BCUT2D eigenvalue weighted by Crippen LogP contribution is -2.11. The van der Waals surface area contributed by atoms with Crippen molar-refractivity contribution < 1.29 is 15.0 Å². The molecule has 2 aromatic rings. The van der Waals surface area contributed by atoms with Crippen LogP contribution >= 0.6 is 11.3 Å². The number of carbonyl (C=O) groups excluding carboxylic acids is 1. The van der Waals surface area contributed by atoms with Crippen molar-refractivity contribution in [3.8, 4) is 23.3 Å². The number of amides is 1. The number of nitrogens with one attached hydrogen (secondary N) is 1. The number of aromatic nitrogens is 1. The molecule has 2 rings (SSSR count). The zero-order valence-corrected chi connectivity index (χ0v) is 11.1. The van der Waals surface area contributed by atoms with E-state index < -0.39 is 5.91 Å². The minimum atomic E-state index is -0.483. The largest absolute Gasteiger partial charge is 0.508 e. The molecule has 7 heteroatoms. The van der Waals surface area contributed by atoms with E-state index in [4.69, 9.17) is 5.73 Å². The van der Waals surface area contributed by atoms with Crippen LogP contribution in [-0.4, -0.2) is 27.6 Å². The summed E-state index contributed by atoms with van der Waals surface area (Å²) in [6.45, 7) is 0.252. The molecule has 0 aliphatic rings. The van der Waals surface area contributed by atoms with Gasteiger partial charge in [-0.25, -0.2) is 4.98 Å². The molecular weight excluding hydrogens is 278 g/mol. The second-order valence-corrected chi connectivity index (χ2v) is 4.76. The molecule has 0 saturated heterocycles. The summed E-state index contributed by atoms with van der Waals surface area (Å²) in [7, 11) is 0. The number of anilines is 1. The first-order chi connectivity index (χ1) is 9.58. The maximum absolute atomic E-state index is 11.9. The first kappa shape index (κ1) is 13.9. The topological polar surface area (TPSA) is 108 Å². The van der Waals surface area contributed by atoms with Crippen molar-refractivity contribution in [2.45, 2.75) is 0 Å². The van der Waals surface area contributed by atoms with Crippen molar-refractivity contribution in [1.29, 1.82) is 0 Å². The van der Waals surface area contributed by atoms with Crippen LogP contribution in [0.15, 0.2) is 24.4 Å². The van der Waals surface area contributed by atoms with Gasteiger partial charge in [0.25, 0.3) is 5.91 Å². The van der Waals surface area contributed by atoms with Gasteiger partial charge in [-0.1, -0.05) is 23.2 Å². The second kappa shape index (κ2) is 6.06. The third-order valence-electron chi connectivity index (χ3n) is 2.20. The third-order valence-corrected chi connectivity index (χ3v) is 3.03. The Labute approximate surface area is 118 Å². The number of nitrogens with two attached hydrogens (primary N) is 1. The van der Waals surface area contributed by atoms with E-state index in [1.165, 1.54) is 29.7 Å². The van der Waals surface area contributed by atoms with Crippen molar-refractivity contribution in [2.24, 2.45) is 5.73 Å². The molecule has 0 bridgehead atoms. The average molecular weight is 289 g/mol. The Hall–Kier alpha value is -2.56. The minimum absolute atomic E-state index is 0.132. The summed E-state index contributed by atoms with van der Waals surface area (Å²) in [5, 5.41) is 21.6. The number of aromatic hydroxyl groups is 2. The highest BCUT2D eigenvalue weighted by Crippen LogP contribution is 2.22. The molecular formula is C13H11N3O3S. The summed E-state index contributed by atoms with van der Waals surface area (Å²) in [5.74, 6) is 4.63. The van der Waals surface area contributed by atoms with Gasteiger partial charge < -0.3 is 15.9 Å². The maximum Gasteiger partial charge on any atom is 0.257 e. The van der Waals surface area contributed by atoms with Crippen molar-refractivity contribution in [2.75, 3.05) is 11.9 Å². The van der Waals surface area contributed by atoms with E-state index in [-0.39, 0.29) is 23.6 Å². The van der Waals surface area contributed by atoms with E-state index >= 15 is 0 Å². The van der Waals surface area contributed by atoms with Gasteiger partial charge in [-0.3, -0.25) is 10.1 Å². The SMILES string of the molecule is NCC#Cc1cnc(NC(=O)c2cc(O)cc(O)c2)s1. The van der Waals surface area contributed by atoms with Crippen LogP contribution in [0.5, 0.6) is 11.5 Å². The summed E-state index contributed by atoms with van der Waals surface area (Å²) in [4.78, 5) is 16.6. The lowest BCUT2D eigenvalue weighted by Gasteiger charge is -2.03. The van der Waals surface area contributed by atoms with Gasteiger partial charge in [0.05, 0.1) is 17.6 Å². The summed E-state index contributed by atoms with van der Waals surface area (Å²) in [6, 6.07) is 3.64. The smallest absolute Gasteiger partial charge is 0.257 e. The van der Waals surface area contributed by atoms with Gasteiger partial charge in [-0.05, 0) is 12.1 Å². The van der Waals surface area contributed by atoms with E-state index in [1.807, 2.05) is 0 Å². The molecule has 1 aromatic heterocycles. The van der Waals surface area contributed by atoms with Crippen LogP contribution in [0.2, 0.25) is 0 Å². The first-order valence-electron chi connectivity index (χ1n) is 5.57. The monoisotopic (exact) mass is 289 g/mol. The predicted molar refractivity (Wildman–Crippen MR) is 75.8 cm³/mol. The molecule has 0 unspecified atom stereocenters. The van der Waals surface area contributed by atoms with E-state index in [1.54, 1.807) is 0 Å². The van der Waals surface area contributed by atoms with Crippen LogP contribution in [0.4, 0.5) is 5.13 Å². The van der Waals surface area contributed by atoms with Crippen molar-refractivity contribution in [3.05, 3.63) is 34.8 Å². The molecule has 0 radical (unpaired) electrons. The van der Waals surface area contributed by atoms with E-state index in [9.17, 15) is 15.0 Å². The van der Waals surface area contributed by atoms with Crippen LogP contribution in [0.25, 0.3) is 0 Å². The van der Waals surface area contributed by atoms with Gasteiger partial charge >= 0.3 is 0 Å². The second-order valence-electron chi connectivity index (χ2n) is 3.73. The van der Waals surface area contributed by atoms with Crippen molar-refractivity contribution in [3.63, 3.8) is 0 Å². The van der Waals surface area contributed by atoms with Gasteiger partial charge in [0.15, 0.2) is 5.13 Å². The molecule has 1 heterocycles. The van der Waals surface area contributed by atoms with E-state index in [0.717, 1.165) is 6.07 Å². The molecule has 1 aromatic carbocycles. The summed E-state index contributed by atoms with van der Waals surface area (Å²) >= 11 is 1.21.